The number of rotatable bonds is 3. The number of morpholine rings is 1. The second-order valence-electron chi connectivity index (χ2n) is 5.10. The van der Waals surface area contributed by atoms with Crippen LogP contribution in [0.15, 0.2) is 18.2 Å². The molecule has 1 amide bonds. The van der Waals surface area contributed by atoms with Gasteiger partial charge in [-0.15, -0.1) is 0 Å². The average molecular weight is 292 g/mol. The first-order valence-corrected chi connectivity index (χ1v) is 6.85. The molecule has 21 heavy (non-hydrogen) atoms. The van der Waals surface area contributed by atoms with Gasteiger partial charge in [-0.3, -0.25) is 9.59 Å². The number of benzene rings is 1. The molecule has 1 aliphatic rings. The number of anilines is 1. The van der Waals surface area contributed by atoms with Crippen molar-refractivity contribution in [1.82, 2.24) is 4.90 Å². The molecular formula is C15H20N2O4. The lowest BCUT2D eigenvalue weighted by molar-refractivity contribution is -0.145. The molecule has 0 bridgehead atoms. The van der Waals surface area contributed by atoms with Gasteiger partial charge in [0.1, 0.15) is 0 Å². The SMILES string of the molecule is COC(=O)CC1CN(C(=O)c2cc(N)ccc2C)CCO1. The van der Waals surface area contributed by atoms with Gasteiger partial charge in [0, 0.05) is 24.3 Å². The van der Waals surface area contributed by atoms with Gasteiger partial charge in [0.2, 0.25) is 0 Å². The normalized spacial score (nSPS) is 18.4. The number of ether oxygens (including phenoxy) is 2. The van der Waals surface area contributed by atoms with Crippen molar-refractivity contribution >= 4 is 17.6 Å². The average Bonchev–Trinajstić information content (AvgIpc) is 2.49. The number of nitrogen functional groups attached to an aromatic ring is 1. The Morgan fingerprint density at radius 2 is 2.24 bits per heavy atom. The summed E-state index contributed by atoms with van der Waals surface area (Å²) in [6.07, 6.45) is -0.174. The summed E-state index contributed by atoms with van der Waals surface area (Å²) in [5.74, 6) is -0.424. The molecule has 6 heteroatoms. The predicted octanol–water partition coefficient (Wildman–Crippen LogP) is 0.981. The summed E-state index contributed by atoms with van der Waals surface area (Å²) in [4.78, 5) is 25.6. The van der Waals surface area contributed by atoms with Crippen LogP contribution in [-0.2, 0) is 14.3 Å². The van der Waals surface area contributed by atoms with Crippen LogP contribution in [0.3, 0.4) is 0 Å². The van der Waals surface area contributed by atoms with Crippen LogP contribution in [0.5, 0.6) is 0 Å². The van der Waals surface area contributed by atoms with Crippen LogP contribution in [0.4, 0.5) is 5.69 Å². The van der Waals surface area contributed by atoms with Gasteiger partial charge in [0.25, 0.3) is 5.91 Å². The molecule has 1 heterocycles. The zero-order valence-electron chi connectivity index (χ0n) is 12.3. The Bertz CT molecular complexity index is 544. The van der Waals surface area contributed by atoms with Crippen molar-refractivity contribution < 1.29 is 19.1 Å². The maximum Gasteiger partial charge on any atom is 0.308 e. The summed E-state index contributed by atoms with van der Waals surface area (Å²) >= 11 is 0. The van der Waals surface area contributed by atoms with E-state index in [1.807, 2.05) is 13.0 Å². The second-order valence-corrected chi connectivity index (χ2v) is 5.10. The van der Waals surface area contributed by atoms with Gasteiger partial charge >= 0.3 is 5.97 Å². The van der Waals surface area contributed by atoms with Gasteiger partial charge < -0.3 is 20.1 Å². The van der Waals surface area contributed by atoms with Crippen molar-refractivity contribution in [2.75, 3.05) is 32.5 Å². The van der Waals surface area contributed by atoms with Gasteiger partial charge in [0.15, 0.2) is 0 Å². The molecule has 114 valence electrons. The summed E-state index contributed by atoms with van der Waals surface area (Å²) in [7, 11) is 1.34. The molecular weight excluding hydrogens is 272 g/mol. The Hall–Kier alpha value is -2.08. The van der Waals surface area contributed by atoms with Crippen molar-refractivity contribution in [2.24, 2.45) is 0 Å². The summed E-state index contributed by atoms with van der Waals surface area (Å²) in [5.41, 5.74) is 7.78. The lowest BCUT2D eigenvalue weighted by Gasteiger charge is -2.33. The number of esters is 1. The number of amides is 1. The Kier molecular flexibility index (Phi) is 4.80. The topological polar surface area (TPSA) is 81.9 Å². The predicted molar refractivity (Wildman–Crippen MR) is 77.9 cm³/mol. The minimum atomic E-state index is -0.338. The van der Waals surface area contributed by atoms with Crippen molar-refractivity contribution in [2.45, 2.75) is 19.4 Å². The summed E-state index contributed by atoms with van der Waals surface area (Å²) in [6, 6.07) is 5.28. The molecule has 0 radical (unpaired) electrons. The Labute approximate surface area is 123 Å². The summed E-state index contributed by atoms with van der Waals surface area (Å²) < 4.78 is 10.1. The van der Waals surface area contributed by atoms with Crippen LogP contribution in [0, 0.1) is 6.92 Å². The first kappa shape index (κ1) is 15.3. The van der Waals surface area contributed by atoms with E-state index < -0.39 is 0 Å². The molecule has 0 spiro atoms. The lowest BCUT2D eigenvalue weighted by Crippen LogP contribution is -2.46. The third-order valence-electron chi connectivity index (χ3n) is 3.54. The summed E-state index contributed by atoms with van der Waals surface area (Å²) in [6.45, 7) is 3.17. The number of carbonyl (C=O) groups is 2. The Morgan fingerprint density at radius 3 is 2.95 bits per heavy atom. The highest BCUT2D eigenvalue weighted by Crippen LogP contribution is 2.18. The van der Waals surface area contributed by atoms with Gasteiger partial charge in [-0.25, -0.2) is 0 Å². The van der Waals surface area contributed by atoms with E-state index in [4.69, 9.17) is 10.5 Å². The molecule has 1 aromatic rings. The smallest absolute Gasteiger partial charge is 0.308 e. The van der Waals surface area contributed by atoms with Crippen LogP contribution in [-0.4, -0.2) is 49.7 Å². The third-order valence-corrected chi connectivity index (χ3v) is 3.54. The molecule has 2 N–H and O–H groups in total. The number of nitrogens with two attached hydrogens (primary N) is 1. The van der Waals surface area contributed by atoms with E-state index in [1.54, 1.807) is 17.0 Å². The Balaban J connectivity index is 2.08. The number of carbonyl (C=O) groups excluding carboxylic acids is 2. The van der Waals surface area contributed by atoms with Crippen molar-refractivity contribution in [3.05, 3.63) is 29.3 Å². The highest BCUT2D eigenvalue weighted by Gasteiger charge is 2.27. The summed E-state index contributed by atoms with van der Waals surface area (Å²) in [5, 5.41) is 0. The molecule has 1 aromatic carbocycles. The quantitative estimate of drug-likeness (QED) is 0.663. The maximum absolute atomic E-state index is 12.6. The third kappa shape index (κ3) is 3.72. The van der Waals surface area contributed by atoms with Crippen LogP contribution >= 0.6 is 0 Å². The van der Waals surface area contributed by atoms with Gasteiger partial charge in [0.05, 0.1) is 26.2 Å². The van der Waals surface area contributed by atoms with Crippen molar-refractivity contribution in [3.63, 3.8) is 0 Å². The molecule has 1 atom stereocenters. The molecule has 1 unspecified atom stereocenters. The second kappa shape index (κ2) is 6.58. The zero-order valence-corrected chi connectivity index (χ0v) is 12.3. The molecule has 1 fully saturated rings. The standard InChI is InChI=1S/C15H20N2O4/c1-10-3-4-11(16)7-13(10)15(19)17-5-6-21-12(9-17)8-14(18)20-2/h3-4,7,12H,5-6,8-9,16H2,1-2H3. The van der Waals surface area contributed by atoms with Crippen LogP contribution < -0.4 is 5.73 Å². The van der Waals surface area contributed by atoms with Crippen LogP contribution in [0.25, 0.3) is 0 Å². The van der Waals surface area contributed by atoms with Crippen molar-refractivity contribution in [1.29, 1.82) is 0 Å². The van der Waals surface area contributed by atoms with Gasteiger partial charge in [-0.2, -0.15) is 0 Å². The highest BCUT2D eigenvalue weighted by molar-refractivity contribution is 5.96. The molecule has 0 aromatic heterocycles. The van der Waals surface area contributed by atoms with Crippen molar-refractivity contribution in [3.8, 4) is 0 Å². The number of nitrogens with zero attached hydrogens (tertiary/aromatic N) is 1. The number of methoxy groups -OCH3 is 1. The zero-order chi connectivity index (χ0) is 15.4. The first-order valence-electron chi connectivity index (χ1n) is 6.85. The number of hydrogen-bond acceptors (Lipinski definition) is 5. The molecule has 2 rings (SSSR count). The van der Waals surface area contributed by atoms with E-state index in [0.29, 0.717) is 30.9 Å². The minimum Gasteiger partial charge on any atom is -0.469 e. The van der Waals surface area contributed by atoms with Gasteiger partial charge in [-0.05, 0) is 24.6 Å². The van der Waals surface area contributed by atoms with Crippen LogP contribution in [0.2, 0.25) is 0 Å². The van der Waals surface area contributed by atoms with E-state index in [9.17, 15) is 9.59 Å². The fourth-order valence-electron chi connectivity index (χ4n) is 2.34. The van der Waals surface area contributed by atoms with E-state index in [0.717, 1.165) is 5.56 Å². The minimum absolute atomic E-state index is 0.0852. The Morgan fingerprint density at radius 1 is 1.48 bits per heavy atom. The fourth-order valence-corrected chi connectivity index (χ4v) is 2.34. The van der Waals surface area contributed by atoms with E-state index in [-0.39, 0.29) is 24.4 Å². The lowest BCUT2D eigenvalue weighted by atomic mass is 10.1. The van der Waals surface area contributed by atoms with E-state index in [2.05, 4.69) is 4.74 Å². The highest BCUT2D eigenvalue weighted by atomic mass is 16.5. The van der Waals surface area contributed by atoms with Gasteiger partial charge in [-0.1, -0.05) is 6.07 Å². The van der Waals surface area contributed by atoms with E-state index >= 15 is 0 Å². The molecule has 1 saturated heterocycles. The molecule has 1 aliphatic heterocycles. The monoisotopic (exact) mass is 292 g/mol. The number of hydrogen-bond donors (Lipinski definition) is 1. The molecule has 6 nitrogen and oxygen atoms in total. The van der Waals surface area contributed by atoms with E-state index in [1.165, 1.54) is 7.11 Å². The van der Waals surface area contributed by atoms with Crippen LogP contribution in [0.1, 0.15) is 22.3 Å². The molecule has 0 saturated carbocycles. The first-order chi connectivity index (χ1) is 10.0. The number of aryl methyl sites for hydroxylation is 1. The largest absolute Gasteiger partial charge is 0.469 e. The molecule has 0 aliphatic carbocycles. The fraction of sp³-hybridized carbons (Fsp3) is 0.467. The maximum atomic E-state index is 12.6.